The van der Waals surface area contributed by atoms with Crippen molar-refractivity contribution < 1.29 is 14.1 Å². The molecule has 1 aliphatic heterocycles. The maximum Gasteiger partial charge on any atom is 0.273 e. The van der Waals surface area contributed by atoms with Crippen molar-refractivity contribution in [3.05, 3.63) is 17.5 Å². The second kappa shape index (κ2) is 7.28. The van der Waals surface area contributed by atoms with Crippen molar-refractivity contribution in [2.24, 2.45) is 5.92 Å². The molecule has 3 aliphatic rings. The van der Waals surface area contributed by atoms with E-state index >= 15 is 0 Å². The normalized spacial score (nSPS) is 26.0. The van der Waals surface area contributed by atoms with Gasteiger partial charge in [0.25, 0.3) is 5.91 Å². The topological polar surface area (TPSA) is 75.4 Å². The summed E-state index contributed by atoms with van der Waals surface area (Å²) in [4.78, 5) is 27.6. The molecule has 1 atom stereocenters. The molecule has 4 rings (SSSR count). The SMILES string of the molecule is CC1(C)CC(NC(=O)c2cc(C3CC3)on2)CCN1C(=O)C1CCCCC1. The Morgan fingerprint density at radius 2 is 1.89 bits per heavy atom. The minimum Gasteiger partial charge on any atom is -0.360 e. The summed E-state index contributed by atoms with van der Waals surface area (Å²) in [6, 6.07) is 1.84. The third kappa shape index (κ3) is 4.04. The fraction of sp³-hybridized carbons (Fsp3) is 0.762. The van der Waals surface area contributed by atoms with Crippen LogP contribution < -0.4 is 5.32 Å². The van der Waals surface area contributed by atoms with E-state index in [1.165, 1.54) is 19.3 Å². The summed E-state index contributed by atoms with van der Waals surface area (Å²) in [6.45, 7) is 4.94. The molecule has 6 heteroatoms. The lowest BCUT2D eigenvalue weighted by Gasteiger charge is -2.47. The van der Waals surface area contributed by atoms with Crippen LogP contribution in [-0.4, -0.2) is 40.0 Å². The molecular formula is C21H31N3O3. The maximum atomic E-state index is 13.0. The second-order valence-electron chi connectivity index (χ2n) is 9.19. The van der Waals surface area contributed by atoms with Gasteiger partial charge in [0.2, 0.25) is 5.91 Å². The number of rotatable bonds is 4. The van der Waals surface area contributed by atoms with E-state index in [0.717, 1.165) is 44.3 Å². The van der Waals surface area contributed by atoms with Crippen LogP contribution in [0.4, 0.5) is 0 Å². The molecule has 2 amide bonds. The Bertz CT molecular complexity index is 701. The number of carbonyl (C=O) groups excluding carboxylic acids is 2. The van der Waals surface area contributed by atoms with Crippen molar-refractivity contribution in [2.45, 2.75) is 89.1 Å². The highest BCUT2D eigenvalue weighted by Crippen LogP contribution is 2.40. The highest BCUT2D eigenvalue weighted by atomic mass is 16.5. The van der Waals surface area contributed by atoms with E-state index in [1.807, 2.05) is 0 Å². The largest absolute Gasteiger partial charge is 0.360 e. The van der Waals surface area contributed by atoms with E-state index < -0.39 is 0 Å². The van der Waals surface area contributed by atoms with E-state index in [1.54, 1.807) is 6.07 Å². The van der Waals surface area contributed by atoms with Crippen LogP contribution in [0.25, 0.3) is 0 Å². The van der Waals surface area contributed by atoms with Crippen LogP contribution in [0.3, 0.4) is 0 Å². The van der Waals surface area contributed by atoms with Crippen molar-refractivity contribution in [1.82, 2.24) is 15.4 Å². The third-order valence-electron chi connectivity index (χ3n) is 6.47. The first kappa shape index (κ1) is 18.5. The molecule has 2 saturated carbocycles. The number of hydrogen-bond donors (Lipinski definition) is 1. The zero-order valence-corrected chi connectivity index (χ0v) is 16.5. The first-order valence-electron chi connectivity index (χ1n) is 10.5. The summed E-state index contributed by atoms with van der Waals surface area (Å²) in [7, 11) is 0. The van der Waals surface area contributed by atoms with E-state index in [2.05, 4.69) is 29.2 Å². The summed E-state index contributed by atoms with van der Waals surface area (Å²) < 4.78 is 5.29. The molecule has 2 heterocycles. The molecule has 0 aromatic carbocycles. The Labute approximate surface area is 161 Å². The molecule has 1 aromatic rings. The standard InChI is InChI=1S/C21H31N3O3/c1-21(2)13-16(10-11-24(21)20(26)15-6-4-3-5-7-15)22-19(25)17-12-18(27-23-17)14-8-9-14/h12,14-16H,3-11,13H2,1-2H3,(H,22,25). The molecule has 1 saturated heterocycles. The summed E-state index contributed by atoms with van der Waals surface area (Å²) in [6.07, 6.45) is 9.46. The molecule has 148 valence electrons. The fourth-order valence-electron chi connectivity index (χ4n) is 4.72. The van der Waals surface area contributed by atoms with Gasteiger partial charge in [0, 0.05) is 36.0 Å². The Morgan fingerprint density at radius 1 is 1.15 bits per heavy atom. The highest BCUT2D eigenvalue weighted by molar-refractivity contribution is 5.92. The van der Waals surface area contributed by atoms with E-state index in [-0.39, 0.29) is 23.4 Å². The molecule has 1 N–H and O–H groups in total. The van der Waals surface area contributed by atoms with Gasteiger partial charge in [-0.1, -0.05) is 24.4 Å². The average molecular weight is 373 g/mol. The molecule has 2 aliphatic carbocycles. The molecule has 3 fully saturated rings. The summed E-state index contributed by atoms with van der Waals surface area (Å²) in [5.41, 5.74) is 0.128. The number of hydrogen-bond acceptors (Lipinski definition) is 4. The summed E-state index contributed by atoms with van der Waals surface area (Å²) in [5.74, 6) is 1.62. The van der Waals surface area contributed by atoms with Gasteiger partial charge in [0.05, 0.1) is 0 Å². The van der Waals surface area contributed by atoms with E-state index in [4.69, 9.17) is 4.52 Å². The van der Waals surface area contributed by atoms with Crippen LogP contribution in [-0.2, 0) is 4.79 Å². The quantitative estimate of drug-likeness (QED) is 0.874. The smallest absolute Gasteiger partial charge is 0.273 e. The summed E-state index contributed by atoms with van der Waals surface area (Å²) in [5, 5.41) is 7.04. The molecule has 1 unspecified atom stereocenters. The van der Waals surface area contributed by atoms with Crippen molar-refractivity contribution in [1.29, 1.82) is 0 Å². The number of nitrogens with zero attached hydrogens (tertiary/aromatic N) is 2. The first-order valence-corrected chi connectivity index (χ1v) is 10.5. The molecule has 27 heavy (non-hydrogen) atoms. The highest BCUT2D eigenvalue weighted by Gasteiger charge is 2.40. The van der Waals surface area contributed by atoms with Gasteiger partial charge in [-0.15, -0.1) is 0 Å². The van der Waals surface area contributed by atoms with Gasteiger partial charge >= 0.3 is 0 Å². The number of amides is 2. The molecule has 0 bridgehead atoms. The lowest BCUT2D eigenvalue weighted by Crippen LogP contribution is -2.58. The monoisotopic (exact) mass is 373 g/mol. The lowest BCUT2D eigenvalue weighted by molar-refractivity contribution is -0.144. The predicted molar refractivity (Wildman–Crippen MR) is 101 cm³/mol. The number of aromatic nitrogens is 1. The summed E-state index contributed by atoms with van der Waals surface area (Å²) >= 11 is 0. The molecule has 1 aromatic heterocycles. The van der Waals surface area contributed by atoms with Gasteiger partial charge in [0.15, 0.2) is 5.69 Å². The molecule has 0 radical (unpaired) electrons. The zero-order valence-electron chi connectivity index (χ0n) is 16.5. The number of nitrogens with one attached hydrogen (secondary N) is 1. The van der Waals surface area contributed by atoms with Crippen molar-refractivity contribution >= 4 is 11.8 Å². The predicted octanol–water partition coefficient (Wildman–Crippen LogP) is 3.63. The van der Waals surface area contributed by atoms with Crippen molar-refractivity contribution in [2.75, 3.05) is 6.54 Å². The maximum absolute atomic E-state index is 13.0. The Balaban J connectivity index is 1.35. The van der Waals surface area contributed by atoms with E-state index in [9.17, 15) is 9.59 Å². The Kier molecular flexibility index (Phi) is 4.99. The van der Waals surface area contributed by atoms with Crippen LogP contribution in [0.1, 0.15) is 93.8 Å². The zero-order chi connectivity index (χ0) is 19.0. The number of likely N-dealkylation sites (tertiary alicyclic amines) is 1. The van der Waals surface area contributed by atoms with E-state index in [0.29, 0.717) is 24.1 Å². The number of piperidine rings is 1. The van der Waals surface area contributed by atoms with Crippen LogP contribution in [0, 0.1) is 5.92 Å². The molecule has 6 nitrogen and oxygen atoms in total. The van der Waals surface area contributed by atoms with Gasteiger partial charge in [0.1, 0.15) is 5.76 Å². The first-order chi connectivity index (χ1) is 12.9. The van der Waals surface area contributed by atoms with Crippen molar-refractivity contribution in [3.63, 3.8) is 0 Å². The van der Waals surface area contributed by atoms with Crippen molar-refractivity contribution in [3.8, 4) is 0 Å². The lowest BCUT2D eigenvalue weighted by atomic mass is 9.83. The Morgan fingerprint density at radius 3 is 2.56 bits per heavy atom. The van der Waals surface area contributed by atoms with Gasteiger partial charge in [-0.3, -0.25) is 9.59 Å². The van der Waals surface area contributed by atoms with Gasteiger partial charge in [-0.05, 0) is 52.4 Å². The van der Waals surface area contributed by atoms with Gasteiger partial charge in [-0.25, -0.2) is 0 Å². The van der Waals surface area contributed by atoms with Crippen LogP contribution in [0.2, 0.25) is 0 Å². The molecular weight excluding hydrogens is 342 g/mol. The Hall–Kier alpha value is -1.85. The van der Waals surface area contributed by atoms with Crippen LogP contribution >= 0.6 is 0 Å². The van der Waals surface area contributed by atoms with Gasteiger partial charge in [-0.2, -0.15) is 0 Å². The van der Waals surface area contributed by atoms with Gasteiger partial charge < -0.3 is 14.7 Å². The average Bonchev–Trinajstić information content (AvgIpc) is 3.38. The minimum atomic E-state index is -0.242. The molecule has 0 spiro atoms. The second-order valence-corrected chi connectivity index (χ2v) is 9.19. The fourth-order valence-corrected chi connectivity index (χ4v) is 4.72. The van der Waals surface area contributed by atoms with Crippen LogP contribution in [0.15, 0.2) is 10.6 Å². The minimum absolute atomic E-state index is 0.0592. The van der Waals surface area contributed by atoms with Crippen LogP contribution in [0.5, 0.6) is 0 Å². The number of carbonyl (C=O) groups is 2. The third-order valence-corrected chi connectivity index (χ3v) is 6.47.